The van der Waals surface area contributed by atoms with Crippen molar-refractivity contribution < 1.29 is 18.1 Å². The zero-order valence-electron chi connectivity index (χ0n) is 14.7. The standard InChI is InChI=1S/C20H16F2N4O2/c21-14-7-6-13(10-15(14)22)19-11-17(25-28-19)20(27)23-8-3-9-26-12-24-16-4-1-2-5-18(16)26/h1-2,4-7,10-12H,3,8-9H2,(H,23,27). The lowest BCUT2D eigenvalue weighted by Crippen LogP contribution is -2.25. The number of aryl methyl sites for hydroxylation is 1. The quantitative estimate of drug-likeness (QED) is 0.515. The van der Waals surface area contributed by atoms with Crippen molar-refractivity contribution in [1.82, 2.24) is 20.0 Å². The van der Waals surface area contributed by atoms with Crippen molar-refractivity contribution in [3.05, 3.63) is 72.2 Å². The lowest BCUT2D eigenvalue weighted by atomic mass is 10.1. The smallest absolute Gasteiger partial charge is 0.273 e. The monoisotopic (exact) mass is 382 g/mol. The highest BCUT2D eigenvalue weighted by molar-refractivity contribution is 5.93. The molecule has 4 rings (SSSR count). The molecule has 0 aliphatic heterocycles. The first-order valence-electron chi connectivity index (χ1n) is 8.72. The Morgan fingerprint density at radius 3 is 2.82 bits per heavy atom. The predicted molar refractivity (Wildman–Crippen MR) is 98.5 cm³/mol. The van der Waals surface area contributed by atoms with E-state index in [0.29, 0.717) is 25.1 Å². The van der Waals surface area contributed by atoms with E-state index in [9.17, 15) is 13.6 Å². The maximum absolute atomic E-state index is 13.3. The van der Waals surface area contributed by atoms with E-state index in [0.717, 1.165) is 23.2 Å². The average Bonchev–Trinajstić information content (AvgIpc) is 3.35. The Kier molecular flexibility index (Phi) is 4.84. The molecule has 1 N–H and O–H groups in total. The fourth-order valence-electron chi connectivity index (χ4n) is 2.90. The van der Waals surface area contributed by atoms with Gasteiger partial charge < -0.3 is 14.4 Å². The Morgan fingerprint density at radius 2 is 1.96 bits per heavy atom. The minimum atomic E-state index is -0.994. The third kappa shape index (κ3) is 3.62. The minimum Gasteiger partial charge on any atom is -0.355 e. The second kappa shape index (κ2) is 7.59. The van der Waals surface area contributed by atoms with Crippen LogP contribution in [0.5, 0.6) is 0 Å². The number of imidazole rings is 1. The molecule has 4 aromatic rings. The first-order chi connectivity index (χ1) is 13.6. The summed E-state index contributed by atoms with van der Waals surface area (Å²) in [4.78, 5) is 16.5. The number of fused-ring (bicyclic) bond motifs is 1. The fourth-order valence-corrected chi connectivity index (χ4v) is 2.90. The molecule has 142 valence electrons. The molecular formula is C20H16F2N4O2. The number of hydrogen-bond acceptors (Lipinski definition) is 4. The van der Waals surface area contributed by atoms with E-state index in [4.69, 9.17) is 4.52 Å². The van der Waals surface area contributed by atoms with Gasteiger partial charge in [-0.05, 0) is 36.8 Å². The van der Waals surface area contributed by atoms with Gasteiger partial charge >= 0.3 is 0 Å². The number of rotatable bonds is 6. The van der Waals surface area contributed by atoms with Gasteiger partial charge in [0.2, 0.25) is 0 Å². The predicted octanol–water partition coefficient (Wildman–Crippen LogP) is 3.79. The first-order valence-corrected chi connectivity index (χ1v) is 8.72. The molecule has 0 spiro atoms. The second-order valence-corrected chi connectivity index (χ2v) is 6.24. The molecule has 0 aliphatic rings. The molecule has 6 nitrogen and oxygen atoms in total. The third-order valence-electron chi connectivity index (χ3n) is 4.34. The van der Waals surface area contributed by atoms with Gasteiger partial charge in [0, 0.05) is 24.7 Å². The van der Waals surface area contributed by atoms with Crippen molar-refractivity contribution in [2.45, 2.75) is 13.0 Å². The number of hydrogen-bond donors (Lipinski definition) is 1. The molecule has 8 heteroatoms. The van der Waals surface area contributed by atoms with E-state index in [1.54, 1.807) is 6.33 Å². The summed E-state index contributed by atoms with van der Waals surface area (Å²) in [7, 11) is 0. The van der Waals surface area contributed by atoms with E-state index in [1.165, 1.54) is 12.1 Å². The van der Waals surface area contributed by atoms with Gasteiger partial charge in [0.1, 0.15) is 0 Å². The van der Waals surface area contributed by atoms with Crippen LogP contribution < -0.4 is 5.32 Å². The van der Waals surface area contributed by atoms with Crippen LogP contribution in [0.3, 0.4) is 0 Å². The maximum atomic E-state index is 13.3. The van der Waals surface area contributed by atoms with Crippen molar-refractivity contribution in [2.24, 2.45) is 0 Å². The van der Waals surface area contributed by atoms with Crippen LogP contribution in [0.2, 0.25) is 0 Å². The van der Waals surface area contributed by atoms with Crippen LogP contribution in [0.1, 0.15) is 16.9 Å². The number of nitrogens with zero attached hydrogens (tertiary/aromatic N) is 3. The van der Waals surface area contributed by atoms with Crippen molar-refractivity contribution in [3.63, 3.8) is 0 Å². The molecule has 2 heterocycles. The molecule has 0 unspecified atom stereocenters. The van der Waals surface area contributed by atoms with Gasteiger partial charge in [-0.1, -0.05) is 17.3 Å². The highest BCUT2D eigenvalue weighted by Crippen LogP contribution is 2.22. The van der Waals surface area contributed by atoms with Gasteiger partial charge in [0.15, 0.2) is 23.1 Å². The van der Waals surface area contributed by atoms with Crippen LogP contribution in [0.4, 0.5) is 8.78 Å². The highest BCUT2D eigenvalue weighted by atomic mass is 19.2. The zero-order chi connectivity index (χ0) is 19.5. The number of halogens is 2. The molecule has 28 heavy (non-hydrogen) atoms. The van der Waals surface area contributed by atoms with Crippen LogP contribution in [-0.2, 0) is 6.54 Å². The van der Waals surface area contributed by atoms with Crippen molar-refractivity contribution in [1.29, 1.82) is 0 Å². The number of carbonyl (C=O) groups is 1. The molecule has 2 aromatic carbocycles. The van der Waals surface area contributed by atoms with E-state index in [1.807, 2.05) is 28.8 Å². The molecular weight excluding hydrogens is 366 g/mol. The summed E-state index contributed by atoms with van der Waals surface area (Å²) >= 11 is 0. The van der Waals surface area contributed by atoms with E-state index >= 15 is 0 Å². The average molecular weight is 382 g/mol. The van der Waals surface area contributed by atoms with E-state index in [-0.39, 0.29) is 11.5 Å². The molecule has 0 bridgehead atoms. The summed E-state index contributed by atoms with van der Waals surface area (Å²) in [5.74, 6) is -2.15. The lowest BCUT2D eigenvalue weighted by Gasteiger charge is -2.05. The SMILES string of the molecule is O=C(NCCCn1cnc2ccccc21)c1cc(-c2ccc(F)c(F)c2)on1. The molecule has 1 amide bonds. The molecule has 0 saturated carbocycles. The molecule has 2 aromatic heterocycles. The summed E-state index contributed by atoms with van der Waals surface area (Å²) in [6.45, 7) is 1.15. The second-order valence-electron chi connectivity index (χ2n) is 6.24. The van der Waals surface area contributed by atoms with E-state index < -0.39 is 17.5 Å². The van der Waals surface area contributed by atoms with Gasteiger partial charge in [0.05, 0.1) is 17.4 Å². The topological polar surface area (TPSA) is 73.0 Å². The number of benzene rings is 2. The summed E-state index contributed by atoms with van der Waals surface area (Å²) < 4.78 is 33.4. The lowest BCUT2D eigenvalue weighted by molar-refractivity contribution is 0.0944. The van der Waals surface area contributed by atoms with Crippen LogP contribution in [-0.4, -0.2) is 27.2 Å². The molecule has 0 radical (unpaired) electrons. The Labute approximate surface area is 158 Å². The molecule has 0 saturated heterocycles. The Hall–Kier alpha value is -3.55. The Bertz CT molecular complexity index is 1140. The summed E-state index contributed by atoms with van der Waals surface area (Å²) in [5.41, 5.74) is 2.35. The van der Waals surface area contributed by atoms with Crippen LogP contribution in [0, 0.1) is 11.6 Å². The highest BCUT2D eigenvalue weighted by Gasteiger charge is 2.14. The number of carbonyl (C=O) groups excluding carboxylic acids is 1. The van der Waals surface area contributed by atoms with Crippen LogP contribution >= 0.6 is 0 Å². The van der Waals surface area contributed by atoms with Gasteiger partial charge in [-0.15, -0.1) is 0 Å². The first kappa shape index (κ1) is 17.8. The molecule has 0 atom stereocenters. The van der Waals surface area contributed by atoms with E-state index in [2.05, 4.69) is 15.5 Å². The number of aromatic nitrogens is 3. The Balaban J connectivity index is 1.33. The maximum Gasteiger partial charge on any atom is 0.273 e. The molecule has 0 fully saturated rings. The minimum absolute atomic E-state index is 0.0767. The summed E-state index contributed by atoms with van der Waals surface area (Å²) in [5, 5.41) is 6.46. The van der Waals surface area contributed by atoms with Gasteiger partial charge in [-0.3, -0.25) is 4.79 Å². The van der Waals surface area contributed by atoms with Crippen LogP contribution in [0.15, 0.2) is 59.4 Å². The van der Waals surface area contributed by atoms with Crippen molar-refractivity contribution >= 4 is 16.9 Å². The summed E-state index contributed by atoms with van der Waals surface area (Å²) in [6, 6.07) is 12.6. The largest absolute Gasteiger partial charge is 0.355 e. The van der Waals surface area contributed by atoms with Gasteiger partial charge in [-0.25, -0.2) is 13.8 Å². The number of nitrogens with one attached hydrogen (secondary N) is 1. The van der Waals surface area contributed by atoms with Crippen molar-refractivity contribution in [3.8, 4) is 11.3 Å². The third-order valence-corrected chi connectivity index (χ3v) is 4.34. The van der Waals surface area contributed by atoms with Gasteiger partial charge in [0.25, 0.3) is 5.91 Å². The zero-order valence-corrected chi connectivity index (χ0v) is 14.7. The van der Waals surface area contributed by atoms with Crippen molar-refractivity contribution in [2.75, 3.05) is 6.54 Å². The normalized spacial score (nSPS) is 11.1. The van der Waals surface area contributed by atoms with Crippen LogP contribution in [0.25, 0.3) is 22.4 Å². The summed E-state index contributed by atoms with van der Waals surface area (Å²) in [6.07, 6.45) is 2.48. The number of para-hydroxylation sites is 2. The van der Waals surface area contributed by atoms with Gasteiger partial charge in [-0.2, -0.15) is 0 Å². The molecule has 0 aliphatic carbocycles. The fraction of sp³-hybridized carbons (Fsp3) is 0.150. The number of amides is 1. The Morgan fingerprint density at radius 1 is 1.11 bits per heavy atom.